The minimum absolute atomic E-state index is 0.126. The van der Waals surface area contributed by atoms with Crippen LogP contribution in [0.1, 0.15) is 30.1 Å². The maximum Gasteiger partial charge on any atom is 0.314 e. The predicted molar refractivity (Wildman–Crippen MR) is 82.1 cm³/mol. The minimum Gasteiger partial charge on any atom is -0.339 e. The Kier molecular flexibility index (Phi) is 5.75. The molecule has 5 nitrogen and oxygen atoms in total. The van der Waals surface area contributed by atoms with Gasteiger partial charge in [0.15, 0.2) is 0 Å². The monoisotopic (exact) mass is 307 g/mol. The highest BCUT2D eigenvalue weighted by Gasteiger charge is 2.25. The van der Waals surface area contributed by atoms with Gasteiger partial charge in [-0.05, 0) is 37.8 Å². The number of nitrogens with one attached hydrogen (secondary N) is 2. The van der Waals surface area contributed by atoms with Crippen molar-refractivity contribution in [3.8, 4) is 0 Å². The van der Waals surface area contributed by atoms with E-state index in [0.29, 0.717) is 32.1 Å². The molecule has 0 atom stereocenters. The molecule has 1 aromatic rings. The molecule has 0 bridgehead atoms. The molecule has 0 spiro atoms. The van der Waals surface area contributed by atoms with Gasteiger partial charge in [0, 0.05) is 26.2 Å². The SMILES string of the molecule is CCNC(=O)NCC1CCN(C(=O)c2ccccc2F)CC1. The number of likely N-dealkylation sites (tertiary alicyclic amines) is 1. The fourth-order valence-electron chi connectivity index (χ4n) is 2.61. The molecule has 0 saturated carbocycles. The van der Waals surface area contributed by atoms with Crippen LogP contribution in [0.5, 0.6) is 0 Å². The summed E-state index contributed by atoms with van der Waals surface area (Å²) in [6, 6.07) is 5.90. The molecule has 2 N–H and O–H groups in total. The second-order valence-corrected chi connectivity index (χ2v) is 5.46. The fraction of sp³-hybridized carbons (Fsp3) is 0.500. The molecule has 120 valence electrons. The topological polar surface area (TPSA) is 61.4 Å². The maximum atomic E-state index is 13.7. The molecule has 22 heavy (non-hydrogen) atoms. The zero-order valence-electron chi connectivity index (χ0n) is 12.8. The Morgan fingerprint density at radius 2 is 1.91 bits per heavy atom. The molecule has 0 radical (unpaired) electrons. The van der Waals surface area contributed by atoms with E-state index < -0.39 is 5.82 Å². The van der Waals surface area contributed by atoms with Gasteiger partial charge in [-0.25, -0.2) is 9.18 Å². The van der Waals surface area contributed by atoms with E-state index in [1.165, 1.54) is 12.1 Å². The van der Waals surface area contributed by atoms with Crippen LogP contribution in [0.25, 0.3) is 0 Å². The smallest absolute Gasteiger partial charge is 0.314 e. The molecule has 1 fully saturated rings. The van der Waals surface area contributed by atoms with Crippen molar-refractivity contribution in [1.82, 2.24) is 15.5 Å². The number of nitrogens with zero attached hydrogens (tertiary/aromatic N) is 1. The third-order valence-electron chi connectivity index (χ3n) is 3.89. The molecule has 0 aliphatic carbocycles. The third-order valence-corrected chi connectivity index (χ3v) is 3.89. The summed E-state index contributed by atoms with van der Waals surface area (Å²) in [7, 11) is 0. The van der Waals surface area contributed by atoms with E-state index in [1.54, 1.807) is 17.0 Å². The van der Waals surface area contributed by atoms with Gasteiger partial charge in [0.05, 0.1) is 5.56 Å². The largest absolute Gasteiger partial charge is 0.339 e. The van der Waals surface area contributed by atoms with Crippen LogP contribution < -0.4 is 10.6 Å². The number of carbonyl (C=O) groups excluding carboxylic acids is 2. The summed E-state index contributed by atoms with van der Waals surface area (Å²) < 4.78 is 13.7. The van der Waals surface area contributed by atoms with Crippen molar-refractivity contribution < 1.29 is 14.0 Å². The molecule has 1 aliphatic heterocycles. The predicted octanol–water partition coefficient (Wildman–Crippen LogP) is 2.00. The lowest BCUT2D eigenvalue weighted by molar-refractivity contribution is 0.0686. The molecular formula is C16H22FN3O2. The number of piperidine rings is 1. The van der Waals surface area contributed by atoms with Crippen molar-refractivity contribution in [1.29, 1.82) is 0 Å². The van der Waals surface area contributed by atoms with Crippen molar-refractivity contribution in [2.24, 2.45) is 5.92 Å². The first kappa shape index (κ1) is 16.3. The van der Waals surface area contributed by atoms with Gasteiger partial charge in [-0.15, -0.1) is 0 Å². The lowest BCUT2D eigenvalue weighted by Crippen LogP contribution is -2.43. The molecule has 2 rings (SSSR count). The standard InChI is InChI=1S/C16H22FN3O2/c1-2-18-16(22)19-11-12-7-9-20(10-8-12)15(21)13-5-3-4-6-14(13)17/h3-6,12H,2,7-11H2,1H3,(H2,18,19,22). The number of rotatable bonds is 4. The molecule has 0 aromatic heterocycles. The summed E-state index contributed by atoms with van der Waals surface area (Å²) in [4.78, 5) is 25.3. The molecular weight excluding hydrogens is 285 g/mol. The summed E-state index contributed by atoms with van der Waals surface area (Å²) in [6.07, 6.45) is 1.62. The minimum atomic E-state index is -0.479. The summed E-state index contributed by atoms with van der Waals surface area (Å²) in [5.41, 5.74) is 0.126. The van der Waals surface area contributed by atoms with Crippen LogP contribution in [0.15, 0.2) is 24.3 Å². The fourth-order valence-corrected chi connectivity index (χ4v) is 2.61. The van der Waals surface area contributed by atoms with Gasteiger partial charge in [-0.2, -0.15) is 0 Å². The average molecular weight is 307 g/mol. The first-order valence-electron chi connectivity index (χ1n) is 7.67. The van der Waals surface area contributed by atoms with Crippen LogP contribution in [-0.2, 0) is 0 Å². The Labute approximate surface area is 129 Å². The Bertz CT molecular complexity index is 528. The summed E-state index contributed by atoms with van der Waals surface area (Å²) in [5.74, 6) is -0.381. The highest BCUT2D eigenvalue weighted by atomic mass is 19.1. The van der Waals surface area contributed by atoms with E-state index >= 15 is 0 Å². The summed E-state index contributed by atoms with van der Waals surface area (Å²) >= 11 is 0. The molecule has 1 aliphatic rings. The average Bonchev–Trinajstić information content (AvgIpc) is 2.53. The number of carbonyl (C=O) groups is 2. The number of benzene rings is 1. The molecule has 1 saturated heterocycles. The Hall–Kier alpha value is -2.11. The number of hydrogen-bond acceptors (Lipinski definition) is 2. The Balaban J connectivity index is 1.81. The number of amides is 3. The van der Waals surface area contributed by atoms with Gasteiger partial charge in [-0.3, -0.25) is 4.79 Å². The van der Waals surface area contributed by atoms with Gasteiger partial charge < -0.3 is 15.5 Å². The van der Waals surface area contributed by atoms with Gasteiger partial charge >= 0.3 is 6.03 Å². The Morgan fingerprint density at radius 3 is 2.55 bits per heavy atom. The Morgan fingerprint density at radius 1 is 1.23 bits per heavy atom. The molecule has 6 heteroatoms. The van der Waals surface area contributed by atoms with Crippen LogP contribution in [-0.4, -0.2) is 43.0 Å². The van der Waals surface area contributed by atoms with Crippen molar-refractivity contribution >= 4 is 11.9 Å². The number of urea groups is 1. The van der Waals surface area contributed by atoms with E-state index in [2.05, 4.69) is 10.6 Å². The van der Waals surface area contributed by atoms with E-state index in [1.807, 2.05) is 6.92 Å². The zero-order chi connectivity index (χ0) is 15.9. The van der Waals surface area contributed by atoms with Crippen molar-refractivity contribution in [2.75, 3.05) is 26.2 Å². The lowest BCUT2D eigenvalue weighted by atomic mass is 9.96. The molecule has 1 aromatic carbocycles. The van der Waals surface area contributed by atoms with Gasteiger partial charge in [0.25, 0.3) is 5.91 Å². The van der Waals surface area contributed by atoms with E-state index in [0.717, 1.165) is 12.8 Å². The van der Waals surface area contributed by atoms with Gasteiger partial charge in [0.2, 0.25) is 0 Å². The second kappa shape index (κ2) is 7.77. The van der Waals surface area contributed by atoms with Gasteiger partial charge in [0.1, 0.15) is 5.82 Å². The van der Waals surface area contributed by atoms with E-state index in [-0.39, 0.29) is 17.5 Å². The van der Waals surface area contributed by atoms with E-state index in [9.17, 15) is 14.0 Å². The quantitative estimate of drug-likeness (QED) is 0.894. The van der Waals surface area contributed by atoms with Crippen LogP contribution in [0, 0.1) is 11.7 Å². The second-order valence-electron chi connectivity index (χ2n) is 5.46. The van der Waals surface area contributed by atoms with Crippen molar-refractivity contribution in [3.63, 3.8) is 0 Å². The lowest BCUT2D eigenvalue weighted by Gasteiger charge is -2.32. The first-order valence-corrected chi connectivity index (χ1v) is 7.67. The highest BCUT2D eigenvalue weighted by molar-refractivity contribution is 5.94. The molecule has 1 heterocycles. The molecule has 0 unspecified atom stereocenters. The molecule has 3 amide bonds. The van der Waals surface area contributed by atoms with Gasteiger partial charge in [-0.1, -0.05) is 12.1 Å². The number of halogens is 1. The summed E-state index contributed by atoms with van der Waals surface area (Å²) in [6.45, 7) is 4.26. The normalized spacial score (nSPS) is 15.5. The highest BCUT2D eigenvalue weighted by Crippen LogP contribution is 2.19. The zero-order valence-corrected chi connectivity index (χ0v) is 12.8. The van der Waals surface area contributed by atoms with Crippen molar-refractivity contribution in [3.05, 3.63) is 35.6 Å². The van der Waals surface area contributed by atoms with Crippen LogP contribution in [0.4, 0.5) is 9.18 Å². The van der Waals surface area contributed by atoms with E-state index in [4.69, 9.17) is 0 Å². The number of hydrogen-bond donors (Lipinski definition) is 2. The van der Waals surface area contributed by atoms with Crippen LogP contribution in [0.2, 0.25) is 0 Å². The third kappa shape index (κ3) is 4.19. The summed E-state index contributed by atoms with van der Waals surface area (Å²) in [5, 5.41) is 5.51. The first-order chi connectivity index (χ1) is 10.6. The maximum absolute atomic E-state index is 13.7. The van der Waals surface area contributed by atoms with Crippen LogP contribution >= 0.6 is 0 Å². The van der Waals surface area contributed by atoms with Crippen molar-refractivity contribution in [2.45, 2.75) is 19.8 Å². The van der Waals surface area contributed by atoms with Crippen LogP contribution in [0.3, 0.4) is 0 Å².